The molecule has 0 spiro atoms. The first kappa shape index (κ1) is 27.8. The van der Waals surface area contributed by atoms with Gasteiger partial charge in [-0.15, -0.1) is 0 Å². The molecule has 0 amide bonds. The molecule has 1 saturated heterocycles. The fourth-order valence-corrected chi connectivity index (χ4v) is 7.93. The molecule has 1 heterocycles. The predicted molar refractivity (Wildman–Crippen MR) is 135 cm³/mol. The largest absolute Gasteiger partial charge is 0.462 e. The highest BCUT2D eigenvalue weighted by Crippen LogP contribution is 2.63. The van der Waals surface area contributed by atoms with Gasteiger partial charge in [0.15, 0.2) is 5.79 Å². The molecule has 0 N–H and O–H groups in total. The van der Waals surface area contributed by atoms with Gasteiger partial charge in [0.1, 0.15) is 24.4 Å². The molecule has 0 unspecified atom stereocenters. The molecule has 206 valence electrons. The predicted octanol–water partition coefficient (Wildman–Crippen LogP) is 4.65. The molecule has 0 aromatic heterocycles. The lowest BCUT2D eigenvalue weighted by Crippen LogP contribution is -2.64. The van der Waals surface area contributed by atoms with Gasteiger partial charge in [0, 0.05) is 44.4 Å². The van der Waals surface area contributed by atoms with Crippen molar-refractivity contribution in [2.24, 2.45) is 22.7 Å². The first-order chi connectivity index (χ1) is 17.0. The molecular formula is C29H42O8. The van der Waals surface area contributed by atoms with Gasteiger partial charge >= 0.3 is 17.9 Å². The summed E-state index contributed by atoms with van der Waals surface area (Å²) in [7, 11) is 0. The van der Waals surface area contributed by atoms with Crippen molar-refractivity contribution in [1.82, 2.24) is 0 Å². The first-order valence-electron chi connectivity index (χ1n) is 13.3. The van der Waals surface area contributed by atoms with Crippen LogP contribution in [0.3, 0.4) is 0 Å². The van der Waals surface area contributed by atoms with Gasteiger partial charge in [-0.3, -0.25) is 14.4 Å². The van der Waals surface area contributed by atoms with Gasteiger partial charge in [0.25, 0.3) is 0 Å². The van der Waals surface area contributed by atoms with Crippen LogP contribution in [0.1, 0.15) is 81.6 Å². The number of hydrogen-bond acceptors (Lipinski definition) is 8. The summed E-state index contributed by atoms with van der Waals surface area (Å²) in [5.74, 6) is -2.85. The maximum atomic E-state index is 12.6. The van der Waals surface area contributed by atoms with E-state index in [2.05, 4.69) is 34.3 Å². The zero-order chi connectivity index (χ0) is 27.7. The molecule has 2 bridgehead atoms. The van der Waals surface area contributed by atoms with E-state index in [-0.39, 0.29) is 30.1 Å². The van der Waals surface area contributed by atoms with Gasteiger partial charge in [-0.1, -0.05) is 32.9 Å². The topological polar surface area (TPSA) is 97.4 Å². The third-order valence-electron chi connectivity index (χ3n) is 9.01. The normalized spacial score (nSPS) is 40.0. The molecule has 37 heavy (non-hydrogen) atoms. The van der Waals surface area contributed by atoms with Crippen LogP contribution in [0.25, 0.3) is 0 Å². The zero-order valence-corrected chi connectivity index (χ0v) is 23.6. The monoisotopic (exact) mass is 518 g/mol. The van der Waals surface area contributed by atoms with Crippen molar-refractivity contribution in [2.45, 2.75) is 118 Å². The number of carbonyl (C=O) groups excluding carboxylic acids is 3. The summed E-state index contributed by atoms with van der Waals surface area (Å²) in [6.07, 6.45) is -0.697. The Bertz CT molecular complexity index is 1040. The molecule has 1 aliphatic heterocycles. The van der Waals surface area contributed by atoms with Crippen LogP contribution in [0.2, 0.25) is 0 Å². The Morgan fingerprint density at radius 1 is 0.919 bits per heavy atom. The number of fused-ring (bicyclic) bond motifs is 6. The van der Waals surface area contributed by atoms with E-state index in [1.165, 1.54) is 20.8 Å². The van der Waals surface area contributed by atoms with E-state index in [0.717, 1.165) is 11.1 Å². The molecular weight excluding hydrogens is 476 g/mol. The second kappa shape index (κ2) is 9.23. The lowest BCUT2D eigenvalue weighted by Gasteiger charge is -2.59. The Morgan fingerprint density at radius 2 is 1.51 bits per heavy atom. The van der Waals surface area contributed by atoms with Gasteiger partial charge in [-0.05, 0) is 50.2 Å². The zero-order valence-electron chi connectivity index (χ0n) is 23.6. The van der Waals surface area contributed by atoms with E-state index >= 15 is 0 Å². The van der Waals surface area contributed by atoms with Crippen LogP contribution >= 0.6 is 0 Å². The minimum Gasteiger partial charge on any atom is -0.462 e. The van der Waals surface area contributed by atoms with E-state index in [1.807, 2.05) is 13.8 Å². The highest BCUT2D eigenvalue weighted by Gasteiger charge is 2.67. The van der Waals surface area contributed by atoms with Crippen molar-refractivity contribution in [1.29, 1.82) is 0 Å². The van der Waals surface area contributed by atoms with Gasteiger partial charge in [0.2, 0.25) is 0 Å². The second-order valence-corrected chi connectivity index (χ2v) is 12.5. The van der Waals surface area contributed by atoms with Crippen molar-refractivity contribution in [3.8, 4) is 0 Å². The third-order valence-corrected chi connectivity index (χ3v) is 9.01. The van der Waals surface area contributed by atoms with Gasteiger partial charge in [-0.25, -0.2) is 0 Å². The Kier molecular flexibility index (Phi) is 6.94. The molecule has 3 fully saturated rings. The Labute approximate surface area is 220 Å². The summed E-state index contributed by atoms with van der Waals surface area (Å²) in [6.45, 7) is 20.9. The van der Waals surface area contributed by atoms with Crippen LogP contribution < -0.4 is 0 Å². The molecule has 0 radical (unpaired) electrons. The molecule has 2 saturated carbocycles. The summed E-state index contributed by atoms with van der Waals surface area (Å²) < 4.78 is 31.1. The molecule has 8 heteroatoms. The van der Waals surface area contributed by atoms with E-state index in [4.69, 9.17) is 23.7 Å². The number of esters is 3. The Balaban J connectivity index is 2.00. The van der Waals surface area contributed by atoms with Crippen molar-refractivity contribution in [3.05, 3.63) is 23.3 Å². The molecule has 8 atom stereocenters. The minimum atomic E-state index is -0.830. The van der Waals surface area contributed by atoms with Gasteiger partial charge < -0.3 is 23.7 Å². The van der Waals surface area contributed by atoms with Gasteiger partial charge in [0.05, 0.1) is 6.10 Å². The second-order valence-electron chi connectivity index (χ2n) is 12.5. The van der Waals surface area contributed by atoms with E-state index in [9.17, 15) is 14.4 Å². The molecule has 8 nitrogen and oxygen atoms in total. The summed E-state index contributed by atoms with van der Waals surface area (Å²) in [5.41, 5.74) is 1.76. The summed E-state index contributed by atoms with van der Waals surface area (Å²) in [4.78, 5) is 36.9. The SMILES string of the molecule is C=C1[C@@H](OC(C)=O)CC[C@@]2(C)[C@H]3OC(C)(C)O[C@@H]3C3=C(C)C[C@H](OC(C)=O)[C@@H]([C@@H](OC(C)=O)[C@H]12)C3(C)C. The van der Waals surface area contributed by atoms with E-state index in [0.29, 0.717) is 24.8 Å². The fourth-order valence-electron chi connectivity index (χ4n) is 7.93. The van der Waals surface area contributed by atoms with Crippen LogP contribution in [0.4, 0.5) is 0 Å². The molecule has 0 aromatic rings. The van der Waals surface area contributed by atoms with Crippen LogP contribution in [0.5, 0.6) is 0 Å². The average Bonchev–Trinajstić information content (AvgIpc) is 3.03. The highest BCUT2D eigenvalue weighted by atomic mass is 16.8. The number of hydrogen-bond donors (Lipinski definition) is 0. The molecule has 4 aliphatic rings. The van der Waals surface area contributed by atoms with Crippen molar-refractivity contribution in [2.75, 3.05) is 0 Å². The number of carbonyl (C=O) groups is 3. The van der Waals surface area contributed by atoms with Crippen LogP contribution in [-0.2, 0) is 38.1 Å². The van der Waals surface area contributed by atoms with Crippen LogP contribution in [-0.4, -0.2) is 54.2 Å². The number of rotatable bonds is 3. The Morgan fingerprint density at radius 3 is 2.08 bits per heavy atom. The fraction of sp³-hybridized carbons (Fsp3) is 0.759. The average molecular weight is 519 g/mol. The lowest BCUT2D eigenvalue weighted by atomic mass is 9.49. The summed E-state index contributed by atoms with van der Waals surface area (Å²) in [6, 6.07) is 0. The molecule has 3 aliphatic carbocycles. The highest BCUT2D eigenvalue weighted by molar-refractivity contribution is 5.68. The lowest BCUT2D eigenvalue weighted by molar-refractivity contribution is -0.195. The quantitative estimate of drug-likeness (QED) is 0.303. The minimum absolute atomic E-state index is 0.338. The summed E-state index contributed by atoms with van der Waals surface area (Å²) in [5, 5.41) is 0. The van der Waals surface area contributed by atoms with E-state index < -0.39 is 46.8 Å². The van der Waals surface area contributed by atoms with E-state index in [1.54, 1.807) is 0 Å². The maximum Gasteiger partial charge on any atom is 0.303 e. The van der Waals surface area contributed by atoms with Crippen molar-refractivity contribution < 1.29 is 38.1 Å². The smallest absolute Gasteiger partial charge is 0.303 e. The first-order valence-corrected chi connectivity index (χ1v) is 13.3. The van der Waals surface area contributed by atoms with Crippen LogP contribution in [0, 0.1) is 22.7 Å². The van der Waals surface area contributed by atoms with Crippen molar-refractivity contribution in [3.63, 3.8) is 0 Å². The van der Waals surface area contributed by atoms with Crippen molar-refractivity contribution >= 4 is 17.9 Å². The summed E-state index contributed by atoms with van der Waals surface area (Å²) >= 11 is 0. The van der Waals surface area contributed by atoms with Crippen LogP contribution in [0.15, 0.2) is 23.3 Å². The standard InChI is InChI=1S/C29H42O8/c1-14-13-20(34-17(4)31)23-24(35-18(5)32)22-15(2)19(33-16(3)30)11-12-29(22,10)26-25(21(14)27(23,6)7)36-28(8,9)37-26/h19-20,22-26H,2,11-13H2,1,3-10H3/t19-,20-,22-,23-,24-,25+,26-,29+/m0/s1. The Hall–Kier alpha value is -2.19. The third kappa shape index (κ3) is 4.65. The molecule has 0 aromatic carbocycles. The maximum absolute atomic E-state index is 12.6. The number of ether oxygens (including phenoxy) is 5. The van der Waals surface area contributed by atoms with Gasteiger partial charge in [-0.2, -0.15) is 0 Å². The molecule has 4 rings (SSSR count).